The van der Waals surface area contributed by atoms with Crippen LogP contribution >= 0.6 is 27.7 Å². The lowest BCUT2D eigenvalue weighted by atomic mass is 10.2. The summed E-state index contributed by atoms with van der Waals surface area (Å²) in [6.07, 6.45) is 6.79. The number of thioether (sulfide) groups is 1. The van der Waals surface area contributed by atoms with Crippen molar-refractivity contribution in [3.05, 3.63) is 0 Å². The molecule has 0 spiro atoms. The molecule has 0 amide bonds. The van der Waals surface area contributed by atoms with Crippen LogP contribution in [0.4, 0.5) is 0 Å². The van der Waals surface area contributed by atoms with E-state index in [1.54, 1.807) is 11.8 Å². The molecule has 0 aliphatic heterocycles. The molecule has 84 valence electrons. The number of alkyl halides is 1. The zero-order valence-corrected chi connectivity index (χ0v) is 11.2. The first-order valence-corrected chi connectivity index (χ1v) is 7.53. The fourth-order valence-electron chi connectivity index (χ4n) is 1.00. The second kappa shape index (κ2) is 11.4. The minimum absolute atomic E-state index is 0.0410. The van der Waals surface area contributed by atoms with Crippen LogP contribution in [0.5, 0.6) is 0 Å². The van der Waals surface area contributed by atoms with Crippen molar-refractivity contribution in [3.63, 3.8) is 0 Å². The van der Waals surface area contributed by atoms with E-state index < -0.39 is 0 Å². The van der Waals surface area contributed by atoms with Gasteiger partial charge in [0.2, 0.25) is 0 Å². The van der Waals surface area contributed by atoms with Gasteiger partial charge in [-0.1, -0.05) is 22.4 Å². The molecule has 0 bridgehead atoms. The zero-order chi connectivity index (χ0) is 10.6. The molecule has 0 aromatic heterocycles. The molecule has 0 fully saturated rings. The van der Waals surface area contributed by atoms with Crippen molar-refractivity contribution in [2.45, 2.75) is 32.1 Å². The van der Waals surface area contributed by atoms with Crippen LogP contribution in [0.2, 0.25) is 0 Å². The average molecular weight is 283 g/mol. The first kappa shape index (κ1) is 14.3. The fraction of sp³-hybridized carbons (Fsp3) is 0.900. The molecule has 0 aliphatic rings. The Morgan fingerprint density at radius 2 is 2.07 bits per heavy atom. The molecule has 0 radical (unpaired) electrons. The van der Waals surface area contributed by atoms with Crippen LogP contribution in [-0.2, 0) is 9.53 Å². The van der Waals surface area contributed by atoms with Crippen molar-refractivity contribution in [2.75, 3.05) is 23.9 Å². The van der Waals surface area contributed by atoms with E-state index in [4.69, 9.17) is 4.74 Å². The van der Waals surface area contributed by atoms with Crippen molar-refractivity contribution in [2.24, 2.45) is 0 Å². The summed E-state index contributed by atoms with van der Waals surface area (Å²) in [5.74, 6) is 1.03. The van der Waals surface area contributed by atoms with Gasteiger partial charge in [0.15, 0.2) is 0 Å². The van der Waals surface area contributed by atoms with E-state index in [1.165, 1.54) is 0 Å². The van der Waals surface area contributed by atoms with Crippen LogP contribution in [0, 0.1) is 0 Å². The third-order valence-corrected chi connectivity index (χ3v) is 3.03. The lowest BCUT2D eigenvalue weighted by Gasteiger charge is -2.03. The average Bonchev–Trinajstić information content (AvgIpc) is 2.19. The first-order chi connectivity index (χ1) is 6.81. The maximum atomic E-state index is 11.1. The Hall–Kier alpha value is 0.300. The molecule has 0 atom stereocenters. The molecule has 0 aromatic rings. The van der Waals surface area contributed by atoms with E-state index >= 15 is 0 Å². The largest absolute Gasteiger partial charge is 0.466 e. The van der Waals surface area contributed by atoms with Crippen molar-refractivity contribution in [1.29, 1.82) is 0 Å². The highest BCUT2D eigenvalue weighted by Crippen LogP contribution is 2.03. The Morgan fingerprint density at radius 3 is 2.71 bits per heavy atom. The van der Waals surface area contributed by atoms with Crippen LogP contribution in [0.25, 0.3) is 0 Å². The first-order valence-electron chi connectivity index (χ1n) is 5.01. The maximum Gasteiger partial charge on any atom is 0.305 e. The second-order valence-corrected chi connectivity index (χ2v) is 4.85. The van der Waals surface area contributed by atoms with Gasteiger partial charge in [0.05, 0.1) is 6.61 Å². The summed E-state index contributed by atoms with van der Waals surface area (Å²) in [6.45, 7) is 0.581. The van der Waals surface area contributed by atoms with Crippen LogP contribution in [0.1, 0.15) is 32.1 Å². The van der Waals surface area contributed by atoms with Gasteiger partial charge in [-0.05, 0) is 31.3 Å². The minimum Gasteiger partial charge on any atom is -0.466 e. The highest BCUT2D eigenvalue weighted by atomic mass is 79.9. The smallest absolute Gasteiger partial charge is 0.305 e. The number of ether oxygens (including phenoxy) is 1. The summed E-state index contributed by atoms with van der Waals surface area (Å²) in [5.41, 5.74) is 0. The molecule has 0 heterocycles. The Labute approximate surface area is 99.3 Å². The van der Waals surface area contributed by atoms with Crippen molar-refractivity contribution >= 4 is 33.7 Å². The molecule has 0 N–H and O–H groups in total. The molecule has 0 aromatic carbocycles. The molecule has 0 aliphatic carbocycles. The van der Waals surface area contributed by atoms with E-state index in [-0.39, 0.29) is 5.97 Å². The third-order valence-electron chi connectivity index (χ3n) is 1.77. The van der Waals surface area contributed by atoms with Gasteiger partial charge in [0, 0.05) is 11.8 Å². The van der Waals surface area contributed by atoms with Crippen LogP contribution in [-0.4, -0.2) is 29.9 Å². The maximum absolute atomic E-state index is 11.1. The molecule has 0 saturated carbocycles. The SMILES string of the molecule is CSCCCOC(=O)CCCCCBr. The Balaban J connectivity index is 3.11. The van der Waals surface area contributed by atoms with E-state index in [9.17, 15) is 4.79 Å². The molecular weight excluding hydrogens is 264 g/mol. The van der Waals surface area contributed by atoms with Gasteiger partial charge >= 0.3 is 5.97 Å². The molecule has 0 rings (SSSR count). The highest BCUT2D eigenvalue weighted by Gasteiger charge is 2.01. The van der Waals surface area contributed by atoms with Gasteiger partial charge in [-0.2, -0.15) is 11.8 Å². The number of halogens is 1. The summed E-state index contributed by atoms with van der Waals surface area (Å²) < 4.78 is 5.06. The van der Waals surface area contributed by atoms with Gasteiger partial charge in [-0.25, -0.2) is 0 Å². The number of rotatable bonds is 9. The number of unbranched alkanes of at least 4 members (excludes halogenated alkanes) is 2. The van der Waals surface area contributed by atoms with Gasteiger partial charge in [0.25, 0.3) is 0 Å². The van der Waals surface area contributed by atoms with E-state index in [1.807, 2.05) is 0 Å². The Kier molecular flexibility index (Phi) is 11.6. The van der Waals surface area contributed by atoms with E-state index in [0.29, 0.717) is 13.0 Å². The van der Waals surface area contributed by atoms with E-state index in [2.05, 4.69) is 22.2 Å². The molecule has 14 heavy (non-hydrogen) atoms. The fourth-order valence-corrected chi connectivity index (χ4v) is 1.81. The van der Waals surface area contributed by atoms with Gasteiger partial charge < -0.3 is 4.74 Å². The monoisotopic (exact) mass is 282 g/mol. The lowest BCUT2D eigenvalue weighted by Crippen LogP contribution is -2.06. The molecule has 0 saturated heterocycles. The Morgan fingerprint density at radius 1 is 1.29 bits per heavy atom. The molecule has 0 unspecified atom stereocenters. The van der Waals surface area contributed by atoms with E-state index in [0.717, 1.165) is 36.8 Å². The van der Waals surface area contributed by atoms with Crippen LogP contribution < -0.4 is 0 Å². The lowest BCUT2D eigenvalue weighted by molar-refractivity contribution is -0.143. The number of esters is 1. The number of carbonyl (C=O) groups is 1. The zero-order valence-electron chi connectivity index (χ0n) is 8.76. The van der Waals surface area contributed by atoms with Gasteiger partial charge in [0.1, 0.15) is 0 Å². The summed E-state index contributed by atoms with van der Waals surface area (Å²) in [5, 5.41) is 1.02. The molecule has 4 heteroatoms. The summed E-state index contributed by atoms with van der Waals surface area (Å²) in [7, 11) is 0. The number of carbonyl (C=O) groups excluding carboxylic acids is 1. The van der Waals surface area contributed by atoms with Gasteiger partial charge in [-0.3, -0.25) is 4.79 Å². The summed E-state index contributed by atoms with van der Waals surface area (Å²) in [6, 6.07) is 0. The van der Waals surface area contributed by atoms with Crippen molar-refractivity contribution in [3.8, 4) is 0 Å². The standard InChI is InChI=1S/C10H19BrO2S/c1-14-9-5-8-13-10(12)6-3-2-4-7-11/h2-9H2,1H3. The summed E-state index contributed by atoms with van der Waals surface area (Å²) >= 11 is 5.14. The minimum atomic E-state index is -0.0410. The van der Waals surface area contributed by atoms with Crippen LogP contribution in [0.3, 0.4) is 0 Å². The topological polar surface area (TPSA) is 26.3 Å². The van der Waals surface area contributed by atoms with Gasteiger partial charge in [-0.15, -0.1) is 0 Å². The normalized spacial score (nSPS) is 10.1. The van der Waals surface area contributed by atoms with Crippen molar-refractivity contribution in [1.82, 2.24) is 0 Å². The predicted molar refractivity (Wildman–Crippen MR) is 66.2 cm³/mol. The number of hydrogen-bond donors (Lipinski definition) is 0. The Bertz CT molecular complexity index is 128. The summed E-state index contributed by atoms with van der Waals surface area (Å²) in [4.78, 5) is 11.1. The molecular formula is C10H19BrO2S. The number of hydrogen-bond acceptors (Lipinski definition) is 3. The molecule has 2 nitrogen and oxygen atoms in total. The second-order valence-electron chi connectivity index (χ2n) is 3.07. The van der Waals surface area contributed by atoms with Crippen molar-refractivity contribution < 1.29 is 9.53 Å². The third kappa shape index (κ3) is 10.4. The highest BCUT2D eigenvalue weighted by molar-refractivity contribution is 9.09. The predicted octanol–water partition coefficient (Wildman–Crippen LogP) is 3.24. The quantitative estimate of drug-likeness (QED) is 0.369. The van der Waals surface area contributed by atoms with Crippen LogP contribution in [0.15, 0.2) is 0 Å².